The first kappa shape index (κ1) is 14.4. The highest BCUT2D eigenvalue weighted by Gasteiger charge is 2.39. The lowest BCUT2D eigenvalue weighted by Gasteiger charge is -2.28. The maximum atomic E-state index is 12.0. The number of carbonyl (C=O) groups is 1. The zero-order valence-electron chi connectivity index (χ0n) is 11.3. The Hall–Kier alpha value is -2.02. The van der Waals surface area contributed by atoms with Gasteiger partial charge in [-0.2, -0.15) is 0 Å². The van der Waals surface area contributed by atoms with Crippen molar-refractivity contribution in [3.05, 3.63) is 46.0 Å². The standard InChI is InChI=1S/C13H15NO5S/c1-7-10(13(15)16)11(9-5-4-6-19-9)12(8(2)14-7)20(3,17)18/h4-6,11,14H,1-3H3,(H,15,16). The van der Waals surface area contributed by atoms with Crippen molar-refractivity contribution in [1.82, 2.24) is 5.32 Å². The van der Waals surface area contributed by atoms with Crippen LogP contribution in [0.4, 0.5) is 0 Å². The molecule has 1 atom stereocenters. The summed E-state index contributed by atoms with van der Waals surface area (Å²) in [6, 6.07) is 3.17. The SMILES string of the molecule is CC1=C(C(=O)O)C(c2ccco2)C(S(C)(=O)=O)=C(C)N1. The van der Waals surface area contributed by atoms with Crippen LogP contribution in [0, 0.1) is 0 Å². The van der Waals surface area contributed by atoms with E-state index in [9.17, 15) is 18.3 Å². The third kappa shape index (κ3) is 2.36. The van der Waals surface area contributed by atoms with Gasteiger partial charge in [-0.3, -0.25) is 0 Å². The van der Waals surface area contributed by atoms with Crippen molar-refractivity contribution >= 4 is 15.8 Å². The summed E-state index contributed by atoms with van der Waals surface area (Å²) in [4.78, 5) is 11.5. The van der Waals surface area contributed by atoms with Crippen molar-refractivity contribution in [3.8, 4) is 0 Å². The molecule has 1 aliphatic heterocycles. The number of sulfone groups is 1. The zero-order valence-corrected chi connectivity index (χ0v) is 12.1. The van der Waals surface area contributed by atoms with Crippen molar-refractivity contribution in [2.24, 2.45) is 0 Å². The van der Waals surface area contributed by atoms with Crippen LogP contribution in [0.25, 0.3) is 0 Å². The van der Waals surface area contributed by atoms with Gasteiger partial charge in [0.05, 0.1) is 22.7 Å². The van der Waals surface area contributed by atoms with E-state index in [0.29, 0.717) is 17.2 Å². The smallest absolute Gasteiger partial charge is 0.334 e. The molecular weight excluding hydrogens is 282 g/mol. The molecule has 2 N–H and O–H groups in total. The van der Waals surface area contributed by atoms with E-state index in [1.54, 1.807) is 26.0 Å². The molecule has 2 rings (SSSR count). The lowest BCUT2D eigenvalue weighted by atomic mass is 9.90. The van der Waals surface area contributed by atoms with Crippen LogP contribution in [-0.4, -0.2) is 25.7 Å². The van der Waals surface area contributed by atoms with Gasteiger partial charge in [0.25, 0.3) is 0 Å². The first-order valence-electron chi connectivity index (χ1n) is 5.88. The Balaban J connectivity index is 2.74. The van der Waals surface area contributed by atoms with E-state index in [2.05, 4.69) is 5.32 Å². The molecule has 0 spiro atoms. The molecule has 0 saturated heterocycles. The number of aliphatic carboxylic acids is 1. The molecule has 0 radical (unpaired) electrons. The largest absolute Gasteiger partial charge is 0.478 e. The number of allylic oxidation sites excluding steroid dienone is 3. The van der Waals surface area contributed by atoms with Crippen LogP contribution >= 0.6 is 0 Å². The van der Waals surface area contributed by atoms with E-state index < -0.39 is 21.7 Å². The van der Waals surface area contributed by atoms with E-state index in [4.69, 9.17) is 4.42 Å². The molecule has 1 unspecified atom stereocenters. The minimum absolute atomic E-state index is 0.0222. The number of rotatable bonds is 3. The van der Waals surface area contributed by atoms with Gasteiger partial charge in [0, 0.05) is 17.6 Å². The summed E-state index contributed by atoms with van der Waals surface area (Å²) in [5.41, 5.74) is 0.797. The molecule has 1 aromatic rings. The molecule has 0 saturated carbocycles. The van der Waals surface area contributed by atoms with Crippen molar-refractivity contribution in [2.75, 3.05) is 6.26 Å². The third-order valence-corrected chi connectivity index (χ3v) is 4.50. The van der Waals surface area contributed by atoms with Crippen LogP contribution in [0.3, 0.4) is 0 Å². The van der Waals surface area contributed by atoms with Gasteiger partial charge in [0.2, 0.25) is 0 Å². The molecule has 2 heterocycles. The van der Waals surface area contributed by atoms with Crippen molar-refractivity contribution < 1.29 is 22.7 Å². The first-order chi connectivity index (χ1) is 9.23. The van der Waals surface area contributed by atoms with Gasteiger partial charge < -0.3 is 14.8 Å². The fourth-order valence-corrected chi connectivity index (χ4v) is 3.75. The summed E-state index contributed by atoms with van der Waals surface area (Å²) in [7, 11) is -3.58. The predicted octanol–water partition coefficient (Wildman–Crippen LogP) is 1.60. The molecule has 1 aliphatic rings. The summed E-state index contributed by atoms with van der Waals surface area (Å²) in [6.45, 7) is 3.20. The van der Waals surface area contributed by atoms with Gasteiger partial charge >= 0.3 is 5.97 Å². The topological polar surface area (TPSA) is 96.6 Å². The minimum atomic E-state index is -3.58. The lowest BCUT2D eigenvalue weighted by Crippen LogP contribution is -2.30. The highest BCUT2D eigenvalue weighted by Crippen LogP contribution is 2.40. The maximum absolute atomic E-state index is 12.0. The number of carboxylic acid groups (broad SMARTS) is 1. The third-order valence-electron chi connectivity index (χ3n) is 3.16. The van der Waals surface area contributed by atoms with Gasteiger partial charge in [-0.15, -0.1) is 0 Å². The van der Waals surface area contributed by atoms with E-state index >= 15 is 0 Å². The fraction of sp³-hybridized carbons (Fsp3) is 0.308. The second-order valence-corrected chi connectivity index (χ2v) is 6.66. The summed E-state index contributed by atoms with van der Waals surface area (Å²) >= 11 is 0. The average Bonchev–Trinajstić information content (AvgIpc) is 2.77. The first-order valence-corrected chi connectivity index (χ1v) is 7.78. The molecule has 0 amide bonds. The summed E-state index contributed by atoms with van der Waals surface area (Å²) in [5, 5.41) is 12.2. The lowest BCUT2D eigenvalue weighted by molar-refractivity contribution is -0.133. The normalized spacial score (nSPS) is 20.1. The van der Waals surface area contributed by atoms with Gasteiger partial charge in [0.15, 0.2) is 9.84 Å². The minimum Gasteiger partial charge on any atom is -0.478 e. The predicted molar refractivity (Wildman–Crippen MR) is 72.5 cm³/mol. The highest BCUT2D eigenvalue weighted by molar-refractivity contribution is 7.94. The Morgan fingerprint density at radius 3 is 2.45 bits per heavy atom. The van der Waals surface area contributed by atoms with Crippen LogP contribution in [-0.2, 0) is 14.6 Å². The number of carboxylic acids is 1. The Labute approximate surface area is 116 Å². The van der Waals surface area contributed by atoms with Crippen LogP contribution in [0.1, 0.15) is 25.5 Å². The van der Waals surface area contributed by atoms with Crippen molar-refractivity contribution in [1.29, 1.82) is 0 Å². The number of hydrogen-bond donors (Lipinski definition) is 2. The van der Waals surface area contributed by atoms with E-state index in [-0.39, 0.29) is 10.5 Å². The maximum Gasteiger partial charge on any atom is 0.334 e. The Morgan fingerprint density at radius 2 is 2.00 bits per heavy atom. The van der Waals surface area contributed by atoms with Gasteiger partial charge in [0.1, 0.15) is 5.76 Å². The number of nitrogens with one attached hydrogen (secondary N) is 1. The molecular formula is C13H15NO5S. The molecule has 0 aromatic carbocycles. The molecule has 0 fully saturated rings. The average molecular weight is 297 g/mol. The summed E-state index contributed by atoms with van der Waals surface area (Å²) in [6.07, 6.45) is 2.45. The molecule has 20 heavy (non-hydrogen) atoms. The van der Waals surface area contributed by atoms with Gasteiger partial charge in [-0.25, -0.2) is 13.2 Å². The van der Waals surface area contributed by atoms with Crippen LogP contribution in [0.15, 0.2) is 44.7 Å². The second kappa shape index (κ2) is 4.82. The molecule has 7 heteroatoms. The summed E-state index contributed by atoms with van der Waals surface area (Å²) < 4.78 is 29.3. The fourth-order valence-electron chi connectivity index (χ4n) is 2.48. The Morgan fingerprint density at radius 1 is 1.35 bits per heavy atom. The molecule has 0 aliphatic carbocycles. The zero-order chi connectivity index (χ0) is 15.1. The van der Waals surface area contributed by atoms with E-state index in [1.807, 2.05) is 0 Å². The molecule has 1 aromatic heterocycles. The molecule has 6 nitrogen and oxygen atoms in total. The van der Waals surface area contributed by atoms with Crippen molar-refractivity contribution in [2.45, 2.75) is 19.8 Å². The van der Waals surface area contributed by atoms with E-state index in [1.165, 1.54) is 6.26 Å². The quantitative estimate of drug-likeness (QED) is 0.879. The molecule has 0 bridgehead atoms. The van der Waals surface area contributed by atoms with E-state index in [0.717, 1.165) is 6.26 Å². The Kier molecular flexibility index (Phi) is 3.47. The highest BCUT2D eigenvalue weighted by atomic mass is 32.2. The van der Waals surface area contributed by atoms with Gasteiger partial charge in [-0.1, -0.05) is 0 Å². The Bertz CT molecular complexity index is 710. The van der Waals surface area contributed by atoms with Crippen LogP contribution in [0.2, 0.25) is 0 Å². The molecule has 108 valence electrons. The number of hydrogen-bond acceptors (Lipinski definition) is 5. The van der Waals surface area contributed by atoms with Crippen molar-refractivity contribution in [3.63, 3.8) is 0 Å². The monoisotopic (exact) mass is 297 g/mol. The number of dihydropyridines is 1. The van der Waals surface area contributed by atoms with Gasteiger partial charge in [-0.05, 0) is 26.0 Å². The van der Waals surface area contributed by atoms with Crippen LogP contribution < -0.4 is 5.32 Å². The number of furan rings is 1. The second-order valence-electron chi connectivity index (χ2n) is 4.68. The summed E-state index contributed by atoms with van der Waals surface area (Å²) in [5.74, 6) is -1.81. The van der Waals surface area contributed by atoms with Crippen LogP contribution in [0.5, 0.6) is 0 Å².